The van der Waals surface area contributed by atoms with Gasteiger partial charge in [-0.05, 0) is 6.07 Å². The molecule has 1 amide bonds. The minimum Gasteiger partial charge on any atom is -0.345 e. The van der Waals surface area contributed by atoms with Crippen molar-refractivity contribution in [3.63, 3.8) is 0 Å². The van der Waals surface area contributed by atoms with Crippen molar-refractivity contribution in [3.05, 3.63) is 34.5 Å². The molecule has 0 saturated heterocycles. The molecule has 2 aromatic heterocycles. The molecule has 0 unspecified atom stereocenters. The number of hydrogen-bond donors (Lipinski definition) is 1. The van der Waals surface area contributed by atoms with Crippen molar-refractivity contribution in [2.45, 2.75) is 19.3 Å². The van der Waals surface area contributed by atoms with Gasteiger partial charge in [-0.2, -0.15) is 5.10 Å². The number of nitrogens with one attached hydrogen (secondary N) is 1. The third kappa shape index (κ3) is 3.16. The number of aromatic nitrogens is 3. The first-order chi connectivity index (χ1) is 8.66. The minimum atomic E-state index is 0.0858. The van der Waals surface area contributed by atoms with Crippen LogP contribution in [-0.2, 0) is 11.2 Å². The highest BCUT2D eigenvalue weighted by molar-refractivity contribution is 7.09. The predicted octanol–water partition coefficient (Wildman–Crippen LogP) is 1.67. The maximum absolute atomic E-state index is 12.0. The first kappa shape index (κ1) is 12.8. The van der Waals surface area contributed by atoms with Crippen molar-refractivity contribution in [3.8, 4) is 0 Å². The third-order valence-corrected chi connectivity index (χ3v) is 3.75. The number of aromatic amines is 1. The van der Waals surface area contributed by atoms with Crippen LogP contribution in [0.4, 0.5) is 0 Å². The van der Waals surface area contributed by atoms with Crippen LogP contribution in [0.1, 0.15) is 23.5 Å². The lowest BCUT2D eigenvalue weighted by Crippen LogP contribution is -2.31. The molecule has 2 aromatic rings. The molecule has 0 aliphatic heterocycles. The smallest absolute Gasteiger partial charge is 0.228 e. The second-order valence-corrected chi connectivity index (χ2v) is 5.23. The van der Waals surface area contributed by atoms with Gasteiger partial charge in [0.05, 0.1) is 11.4 Å². The molecule has 0 aliphatic rings. The van der Waals surface area contributed by atoms with E-state index in [1.807, 2.05) is 18.5 Å². The van der Waals surface area contributed by atoms with Gasteiger partial charge < -0.3 is 4.90 Å². The monoisotopic (exact) mass is 264 g/mol. The van der Waals surface area contributed by atoms with Crippen LogP contribution in [0.15, 0.2) is 23.8 Å². The van der Waals surface area contributed by atoms with Gasteiger partial charge in [-0.15, -0.1) is 11.3 Å². The summed E-state index contributed by atoms with van der Waals surface area (Å²) < 4.78 is 0. The normalized spacial score (nSPS) is 12.3. The van der Waals surface area contributed by atoms with Crippen molar-refractivity contribution < 1.29 is 4.79 Å². The second-order valence-electron chi connectivity index (χ2n) is 4.30. The van der Waals surface area contributed by atoms with Crippen LogP contribution in [0.2, 0.25) is 0 Å². The van der Waals surface area contributed by atoms with Crippen LogP contribution in [0.3, 0.4) is 0 Å². The summed E-state index contributed by atoms with van der Waals surface area (Å²) in [5.41, 5.74) is 0.841. The molecule has 2 heterocycles. The summed E-state index contributed by atoms with van der Waals surface area (Å²) in [6, 6.07) is 1.82. The SMILES string of the molecule is C[C@H](CN(C)C(=O)Cc1ccn[nH]1)c1nccs1. The molecule has 5 nitrogen and oxygen atoms in total. The van der Waals surface area contributed by atoms with E-state index < -0.39 is 0 Å². The maximum atomic E-state index is 12.0. The van der Waals surface area contributed by atoms with E-state index in [1.54, 1.807) is 28.6 Å². The van der Waals surface area contributed by atoms with E-state index in [2.05, 4.69) is 22.1 Å². The van der Waals surface area contributed by atoms with Gasteiger partial charge in [0.2, 0.25) is 5.91 Å². The van der Waals surface area contributed by atoms with Crippen molar-refractivity contribution >= 4 is 17.2 Å². The van der Waals surface area contributed by atoms with Gasteiger partial charge in [-0.3, -0.25) is 9.89 Å². The zero-order valence-electron chi connectivity index (χ0n) is 10.5. The summed E-state index contributed by atoms with van der Waals surface area (Å²) >= 11 is 1.62. The van der Waals surface area contributed by atoms with E-state index >= 15 is 0 Å². The summed E-state index contributed by atoms with van der Waals surface area (Å²) in [4.78, 5) is 18.0. The summed E-state index contributed by atoms with van der Waals surface area (Å²) in [6.07, 6.45) is 3.81. The molecule has 0 spiro atoms. The molecule has 96 valence electrons. The van der Waals surface area contributed by atoms with Crippen LogP contribution >= 0.6 is 11.3 Å². The summed E-state index contributed by atoms with van der Waals surface area (Å²) in [5.74, 6) is 0.350. The standard InChI is InChI=1S/C12H16N4OS/c1-9(12-13-5-6-18-12)8-16(2)11(17)7-10-3-4-14-15-10/h3-6,9H,7-8H2,1-2H3,(H,14,15)/t9-/m1/s1. The number of carbonyl (C=O) groups excluding carboxylic acids is 1. The molecule has 2 rings (SSSR count). The van der Waals surface area contributed by atoms with Gasteiger partial charge in [-0.25, -0.2) is 4.98 Å². The van der Waals surface area contributed by atoms with E-state index in [0.717, 1.165) is 10.7 Å². The summed E-state index contributed by atoms with van der Waals surface area (Å²) in [6.45, 7) is 2.76. The first-order valence-corrected chi connectivity index (χ1v) is 6.66. The van der Waals surface area contributed by atoms with Gasteiger partial charge >= 0.3 is 0 Å². The van der Waals surface area contributed by atoms with Crippen LogP contribution in [0, 0.1) is 0 Å². The topological polar surface area (TPSA) is 61.9 Å². The first-order valence-electron chi connectivity index (χ1n) is 5.78. The predicted molar refractivity (Wildman–Crippen MR) is 70.5 cm³/mol. The van der Waals surface area contributed by atoms with Crippen LogP contribution in [0.5, 0.6) is 0 Å². The van der Waals surface area contributed by atoms with E-state index in [0.29, 0.717) is 13.0 Å². The van der Waals surface area contributed by atoms with E-state index in [-0.39, 0.29) is 11.8 Å². The van der Waals surface area contributed by atoms with Gasteiger partial charge in [0.15, 0.2) is 0 Å². The summed E-state index contributed by atoms with van der Waals surface area (Å²) in [5, 5.41) is 9.65. The Morgan fingerprint density at radius 2 is 2.39 bits per heavy atom. The number of thiazole rings is 1. The number of rotatable bonds is 5. The largest absolute Gasteiger partial charge is 0.345 e. The highest BCUT2D eigenvalue weighted by Gasteiger charge is 2.16. The average Bonchev–Trinajstić information content (AvgIpc) is 3.01. The number of carbonyl (C=O) groups is 1. The number of nitrogens with zero attached hydrogens (tertiary/aromatic N) is 3. The molecule has 0 fully saturated rings. The van der Waals surface area contributed by atoms with Gasteiger partial charge in [0, 0.05) is 43.0 Å². The van der Waals surface area contributed by atoms with Gasteiger partial charge in [0.25, 0.3) is 0 Å². The highest BCUT2D eigenvalue weighted by atomic mass is 32.1. The Hall–Kier alpha value is -1.69. The quantitative estimate of drug-likeness (QED) is 0.893. The fourth-order valence-corrected chi connectivity index (χ4v) is 2.44. The molecule has 18 heavy (non-hydrogen) atoms. The van der Waals surface area contributed by atoms with Crippen molar-refractivity contribution in [2.24, 2.45) is 0 Å². The van der Waals surface area contributed by atoms with Gasteiger partial charge in [-0.1, -0.05) is 6.92 Å². The third-order valence-electron chi connectivity index (χ3n) is 2.75. The lowest BCUT2D eigenvalue weighted by atomic mass is 10.1. The highest BCUT2D eigenvalue weighted by Crippen LogP contribution is 2.18. The van der Waals surface area contributed by atoms with Crippen molar-refractivity contribution in [1.82, 2.24) is 20.1 Å². The lowest BCUT2D eigenvalue weighted by molar-refractivity contribution is -0.129. The number of hydrogen-bond acceptors (Lipinski definition) is 4. The van der Waals surface area contributed by atoms with E-state index in [1.165, 1.54) is 0 Å². The van der Waals surface area contributed by atoms with E-state index in [9.17, 15) is 4.79 Å². The van der Waals surface area contributed by atoms with Gasteiger partial charge in [0.1, 0.15) is 0 Å². The molecule has 0 aliphatic carbocycles. The van der Waals surface area contributed by atoms with Crippen LogP contribution in [0.25, 0.3) is 0 Å². The fraction of sp³-hybridized carbons (Fsp3) is 0.417. The fourth-order valence-electron chi connectivity index (χ4n) is 1.75. The summed E-state index contributed by atoms with van der Waals surface area (Å²) in [7, 11) is 1.82. The maximum Gasteiger partial charge on any atom is 0.228 e. The Labute approximate surface area is 110 Å². The molecule has 0 saturated carbocycles. The molecule has 0 aromatic carbocycles. The Kier molecular flexibility index (Phi) is 4.09. The zero-order chi connectivity index (χ0) is 13.0. The zero-order valence-corrected chi connectivity index (χ0v) is 11.3. The molecule has 0 radical (unpaired) electrons. The van der Waals surface area contributed by atoms with Crippen LogP contribution < -0.4 is 0 Å². The van der Waals surface area contributed by atoms with E-state index in [4.69, 9.17) is 0 Å². The average molecular weight is 264 g/mol. The Bertz CT molecular complexity index is 480. The Morgan fingerprint density at radius 3 is 3.00 bits per heavy atom. The number of likely N-dealkylation sites (N-methyl/N-ethyl adjacent to an activating group) is 1. The molecule has 1 atom stereocenters. The molecular formula is C12H16N4OS. The molecule has 1 N–H and O–H groups in total. The van der Waals surface area contributed by atoms with Crippen molar-refractivity contribution in [2.75, 3.05) is 13.6 Å². The number of H-pyrrole nitrogens is 1. The van der Waals surface area contributed by atoms with Crippen molar-refractivity contribution in [1.29, 1.82) is 0 Å². The second kappa shape index (κ2) is 5.77. The van der Waals surface area contributed by atoms with Crippen LogP contribution in [-0.4, -0.2) is 39.6 Å². The number of amides is 1. The Morgan fingerprint density at radius 1 is 1.56 bits per heavy atom. The lowest BCUT2D eigenvalue weighted by Gasteiger charge is -2.20. The molecular weight excluding hydrogens is 248 g/mol. The minimum absolute atomic E-state index is 0.0858. The molecule has 0 bridgehead atoms. The Balaban J connectivity index is 1.87. The molecule has 6 heteroatoms.